The molecule has 0 bridgehead atoms. The van der Waals surface area contributed by atoms with Crippen LogP contribution >= 0.6 is 11.8 Å². The third-order valence-electron chi connectivity index (χ3n) is 2.52. The first kappa shape index (κ1) is 14.3. The second-order valence-corrected chi connectivity index (χ2v) is 5.06. The fourth-order valence-corrected chi connectivity index (χ4v) is 2.54. The average Bonchev–Trinajstić information content (AvgIpc) is 2.39. The molecule has 7 heteroatoms. The van der Waals surface area contributed by atoms with Gasteiger partial charge in [-0.3, -0.25) is 10.1 Å². The minimum atomic E-state index is -0.679. The molecular formula is C13H10F2N2O2S. The minimum absolute atomic E-state index is 0.256. The topological polar surface area (TPSA) is 69.2 Å². The molecule has 104 valence electrons. The van der Waals surface area contributed by atoms with Crippen molar-refractivity contribution in [3.05, 3.63) is 63.7 Å². The maximum Gasteiger partial charge on any atom is 0.272 e. The Hall–Kier alpha value is -2.15. The van der Waals surface area contributed by atoms with Crippen molar-refractivity contribution < 1.29 is 13.7 Å². The third-order valence-corrected chi connectivity index (χ3v) is 3.67. The molecular weight excluding hydrogens is 286 g/mol. The van der Waals surface area contributed by atoms with Crippen LogP contribution in [0.3, 0.4) is 0 Å². The van der Waals surface area contributed by atoms with Gasteiger partial charge in [0.2, 0.25) is 0 Å². The number of nitro groups is 1. The number of benzene rings is 2. The molecule has 0 saturated carbocycles. The first-order valence-electron chi connectivity index (χ1n) is 5.57. The van der Waals surface area contributed by atoms with Gasteiger partial charge in [-0.05, 0) is 29.8 Å². The molecule has 2 aromatic rings. The zero-order chi connectivity index (χ0) is 14.7. The van der Waals surface area contributed by atoms with Crippen LogP contribution in [0, 0.1) is 21.7 Å². The molecule has 0 fully saturated rings. The summed E-state index contributed by atoms with van der Waals surface area (Å²) < 4.78 is 26.3. The number of anilines is 1. The number of nitrogens with two attached hydrogens (primary N) is 1. The number of halogens is 2. The molecule has 4 nitrogen and oxygen atoms in total. The van der Waals surface area contributed by atoms with Crippen LogP contribution in [-0.2, 0) is 5.75 Å². The molecule has 2 N–H and O–H groups in total. The Morgan fingerprint density at radius 2 is 1.90 bits per heavy atom. The molecule has 2 rings (SSSR count). The predicted molar refractivity (Wildman–Crippen MR) is 73.4 cm³/mol. The van der Waals surface area contributed by atoms with Gasteiger partial charge in [0.15, 0.2) is 0 Å². The first-order valence-corrected chi connectivity index (χ1v) is 6.56. The molecule has 0 heterocycles. The Balaban J connectivity index is 2.18. The highest BCUT2D eigenvalue weighted by molar-refractivity contribution is 7.98. The van der Waals surface area contributed by atoms with Crippen molar-refractivity contribution >= 4 is 23.1 Å². The van der Waals surface area contributed by atoms with Crippen molar-refractivity contribution in [2.24, 2.45) is 0 Å². The highest BCUT2D eigenvalue weighted by Crippen LogP contribution is 2.30. The summed E-state index contributed by atoms with van der Waals surface area (Å²) in [5.74, 6) is -0.847. The second kappa shape index (κ2) is 5.87. The summed E-state index contributed by atoms with van der Waals surface area (Å²) >= 11 is 1.19. The molecule has 0 aromatic heterocycles. The number of rotatable bonds is 4. The molecule has 2 aromatic carbocycles. The van der Waals surface area contributed by atoms with E-state index >= 15 is 0 Å². The number of nitrogens with zero attached hydrogens (tertiary/aromatic N) is 1. The third kappa shape index (κ3) is 3.45. The van der Waals surface area contributed by atoms with Gasteiger partial charge < -0.3 is 5.73 Å². The fourth-order valence-electron chi connectivity index (χ4n) is 1.62. The van der Waals surface area contributed by atoms with Gasteiger partial charge in [0.05, 0.1) is 11.0 Å². The summed E-state index contributed by atoms with van der Waals surface area (Å²) in [6, 6.07) is 7.29. The van der Waals surface area contributed by atoms with E-state index in [1.165, 1.54) is 42.1 Å². The fraction of sp³-hybridized carbons (Fsp3) is 0.0769. The molecule has 20 heavy (non-hydrogen) atoms. The van der Waals surface area contributed by atoms with Crippen LogP contribution in [0.1, 0.15) is 5.56 Å². The van der Waals surface area contributed by atoms with Gasteiger partial charge in [-0.1, -0.05) is 0 Å². The van der Waals surface area contributed by atoms with Crippen LogP contribution in [0.4, 0.5) is 20.2 Å². The Kier molecular flexibility index (Phi) is 4.19. The average molecular weight is 296 g/mol. The zero-order valence-electron chi connectivity index (χ0n) is 10.2. The molecule has 0 amide bonds. The predicted octanol–water partition coefficient (Wildman–Crippen LogP) is 3.75. The largest absolute Gasteiger partial charge is 0.398 e. The molecule has 0 unspecified atom stereocenters. The van der Waals surface area contributed by atoms with E-state index in [9.17, 15) is 18.9 Å². The summed E-state index contributed by atoms with van der Waals surface area (Å²) in [6.45, 7) is 0. The lowest BCUT2D eigenvalue weighted by Crippen LogP contribution is -1.93. The second-order valence-electron chi connectivity index (χ2n) is 4.05. The van der Waals surface area contributed by atoms with Crippen molar-refractivity contribution in [3.63, 3.8) is 0 Å². The van der Waals surface area contributed by atoms with Crippen LogP contribution in [0.5, 0.6) is 0 Å². The normalized spacial score (nSPS) is 10.5. The van der Waals surface area contributed by atoms with Gasteiger partial charge in [0.1, 0.15) is 11.6 Å². The smallest absolute Gasteiger partial charge is 0.272 e. The lowest BCUT2D eigenvalue weighted by molar-refractivity contribution is -0.385. The first-order chi connectivity index (χ1) is 9.45. The van der Waals surface area contributed by atoms with Gasteiger partial charge in [-0.2, -0.15) is 0 Å². The monoisotopic (exact) mass is 296 g/mol. The minimum Gasteiger partial charge on any atom is -0.398 e. The van der Waals surface area contributed by atoms with E-state index in [2.05, 4.69) is 0 Å². The zero-order valence-corrected chi connectivity index (χ0v) is 11.0. The van der Waals surface area contributed by atoms with Gasteiger partial charge in [0, 0.05) is 22.4 Å². The molecule has 0 atom stereocenters. The van der Waals surface area contributed by atoms with Crippen molar-refractivity contribution in [3.8, 4) is 0 Å². The molecule has 0 aliphatic rings. The van der Waals surface area contributed by atoms with E-state index in [-0.39, 0.29) is 11.4 Å². The standard InChI is InChI=1S/C13H10F2N2O2S/c14-9-1-2-12(16)13(6-9)20-7-8-3-10(15)5-11(4-8)17(18)19/h1-6H,7,16H2. The number of nitro benzene ring substituents is 1. The molecule has 0 aliphatic heterocycles. The summed E-state index contributed by atoms with van der Waals surface area (Å²) in [5.41, 5.74) is 6.22. The number of non-ortho nitro benzene ring substituents is 1. The van der Waals surface area contributed by atoms with Crippen molar-refractivity contribution in [1.82, 2.24) is 0 Å². The summed E-state index contributed by atoms with van der Waals surface area (Å²) in [7, 11) is 0. The van der Waals surface area contributed by atoms with Crippen LogP contribution in [0.15, 0.2) is 41.3 Å². The van der Waals surface area contributed by atoms with E-state index in [1.807, 2.05) is 0 Å². The Labute approximate surface area is 117 Å². The lowest BCUT2D eigenvalue weighted by atomic mass is 10.2. The summed E-state index contributed by atoms with van der Waals surface area (Å²) in [5, 5.41) is 10.6. The number of hydrogen-bond donors (Lipinski definition) is 1. The van der Waals surface area contributed by atoms with Crippen LogP contribution in [0.2, 0.25) is 0 Å². The summed E-state index contributed by atoms with van der Waals surface area (Å²) in [4.78, 5) is 10.5. The maximum atomic E-state index is 13.3. The van der Waals surface area contributed by atoms with E-state index in [0.29, 0.717) is 16.1 Å². The van der Waals surface area contributed by atoms with E-state index in [0.717, 1.165) is 6.07 Å². The quantitative estimate of drug-likeness (QED) is 0.404. The van der Waals surface area contributed by atoms with Crippen LogP contribution in [-0.4, -0.2) is 4.92 Å². The Morgan fingerprint density at radius 3 is 2.60 bits per heavy atom. The van der Waals surface area contributed by atoms with Gasteiger partial charge in [-0.25, -0.2) is 8.78 Å². The van der Waals surface area contributed by atoms with Gasteiger partial charge in [0.25, 0.3) is 5.69 Å². The SMILES string of the molecule is Nc1ccc(F)cc1SCc1cc(F)cc([N+](=O)[O-])c1. The number of thioether (sulfide) groups is 1. The van der Waals surface area contributed by atoms with Crippen molar-refractivity contribution in [2.45, 2.75) is 10.6 Å². The molecule has 0 spiro atoms. The highest BCUT2D eigenvalue weighted by atomic mass is 32.2. The number of hydrogen-bond acceptors (Lipinski definition) is 4. The van der Waals surface area contributed by atoms with E-state index < -0.39 is 16.6 Å². The number of nitrogen functional groups attached to an aromatic ring is 1. The Morgan fingerprint density at radius 1 is 1.15 bits per heavy atom. The van der Waals surface area contributed by atoms with Crippen molar-refractivity contribution in [1.29, 1.82) is 0 Å². The van der Waals surface area contributed by atoms with E-state index in [4.69, 9.17) is 5.73 Å². The van der Waals surface area contributed by atoms with Crippen LogP contribution in [0.25, 0.3) is 0 Å². The van der Waals surface area contributed by atoms with Crippen molar-refractivity contribution in [2.75, 3.05) is 5.73 Å². The molecule has 0 saturated heterocycles. The van der Waals surface area contributed by atoms with Gasteiger partial charge >= 0.3 is 0 Å². The van der Waals surface area contributed by atoms with E-state index in [1.54, 1.807) is 0 Å². The summed E-state index contributed by atoms with van der Waals surface area (Å²) in [6.07, 6.45) is 0. The molecule has 0 radical (unpaired) electrons. The maximum absolute atomic E-state index is 13.3. The Bertz CT molecular complexity index is 665. The lowest BCUT2D eigenvalue weighted by Gasteiger charge is -2.06. The highest BCUT2D eigenvalue weighted by Gasteiger charge is 2.10. The van der Waals surface area contributed by atoms with Gasteiger partial charge in [-0.15, -0.1) is 11.8 Å². The molecule has 0 aliphatic carbocycles. The van der Waals surface area contributed by atoms with Crippen LogP contribution < -0.4 is 5.73 Å².